The summed E-state index contributed by atoms with van der Waals surface area (Å²) in [5.41, 5.74) is 1.32. The normalized spacial score (nSPS) is 14.4. The van der Waals surface area contributed by atoms with Gasteiger partial charge >= 0.3 is 0 Å². The van der Waals surface area contributed by atoms with Crippen LogP contribution in [0.5, 0.6) is 0 Å². The molecule has 0 radical (unpaired) electrons. The van der Waals surface area contributed by atoms with Gasteiger partial charge in [0.1, 0.15) is 5.82 Å². The minimum atomic E-state index is -3.90. The number of carbonyl (C=O) groups excluding carboxylic acids is 2. The number of sulfonamides is 1. The predicted molar refractivity (Wildman–Crippen MR) is 103 cm³/mol. The van der Waals surface area contributed by atoms with Gasteiger partial charge < -0.3 is 10.2 Å². The van der Waals surface area contributed by atoms with Crippen LogP contribution in [0.2, 0.25) is 0 Å². The molecule has 2 aromatic carbocycles. The Kier molecular flexibility index (Phi) is 5.76. The highest BCUT2D eigenvalue weighted by atomic mass is 32.2. The van der Waals surface area contributed by atoms with Crippen molar-refractivity contribution in [1.82, 2.24) is 4.72 Å². The maximum atomic E-state index is 13.5. The summed E-state index contributed by atoms with van der Waals surface area (Å²) in [5, 5.41) is 2.44. The average Bonchev–Trinajstić information content (AvgIpc) is 3.09. The molecule has 28 heavy (non-hydrogen) atoms. The van der Waals surface area contributed by atoms with E-state index in [1.165, 1.54) is 30.3 Å². The van der Waals surface area contributed by atoms with E-state index in [9.17, 15) is 22.4 Å². The van der Waals surface area contributed by atoms with Crippen molar-refractivity contribution in [2.75, 3.05) is 23.3 Å². The number of anilines is 2. The molecule has 1 aliphatic heterocycles. The number of halogens is 1. The van der Waals surface area contributed by atoms with E-state index in [2.05, 4.69) is 10.0 Å². The van der Waals surface area contributed by atoms with Crippen molar-refractivity contribution in [2.24, 2.45) is 0 Å². The minimum absolute atomic E-state index is 0.0120. The van der Waals surface area contributed by atoms with Gasteiger partial charge in [0.05, 0.1) is 11.4 Å². The van der Waals surface area contributed by atoms with E-state index >= 15 is 0 Å². The fourth-order valence-electron chi connectivity index (χ4n) is 2.85. The fraction of sp³-hybridized carbons (Fsp3) is 0.263. The zero-order valence-electron chi connectivity index (χ0n) is 15.2. The molecule has 1 fully saturated rings. The Bertz CT molecular complexity index is 1010. The Labute approximate surface area is 162 Å². The standard InChI is InChI=1S/C19H20FN3O4S/c1-13-4-5-14(11-17(13)20)22-18(24)12-21-28(26,27)16-8-6-15(7-9-16)23-10-2-3-19(23)25/h4-9,11,21H,2-3,10,12H2,1H3,(H,22,24). The fourth-order valence-corrected chi connectivity index (χ4v) is 3.83. The summed E-state index contributed by atoms with van der Waals surface area (Å²) < 4.78 is 40.4. The highest BCUT2D eigenvalue weighted by Gasteiger charge is 2.22. The number of nitrogens with zero attached hydrogens (tertiary/aromatic N) is 1. The largest absolute Gasteiger partial charge is 0.325 e. The summed E-state index contributed by atoms with van der Waals surface area (Å²) in [6.45, 7) is 1.72. The quantitative estimate of drug-likeness (QED) is 0.770. The van der Waals surface area contributed by atoms with Crippen LogP contribution in [0.1, 0.15) is 18.4 Å². The molecule has 0 bridgehead atoms. The molecule has 1 heterocycles. The van der Waals surface area contributed by atoms with Crippen molar-refractivity contribution < 1.29 is 22.4 Å². The first-order chi connectivity index (χ1) is 13.3. The number of nitrogens with one attached hydrogen (secondary N) is 2. The van der Waals surface area contributed by atoms with Crippen LogP contribution in [0.25, 0.3) is 0 Å². The van der Waals surface area contributed by atoms with E-state index in [1.807, 2.05) is 0 Å². The molecular weight excluding hydrogens is 385 g/mol. The van der Waals surface area contributed by atoms with Gasteiger partial charge in [0.2, 0.25) is 21.8 Å². The summed E-state index contributed by atoms with van der Waals surface area (Å²) in [6.07, 6.45) is 1.27. The van der Waals surface area contributed by atoms with Gasteiger partial charge in [-0.05, 0) is 55.3 Å². The molecule has 1 aliphatic rings. The zero-order valence-corrected chi connectivity index (χ0v) is 16.1. The van der Waals surface area contributed by atoms with Gasteiger partial charge in [-0.2, -0.15) is 0 Å². The molecule has 0 saturated carbocycles. The summed E-state index contributed by atoms with van der Waals surface area (Å²) in [6, 6.07) is 10.1. The predicted octanol–water partition coefficient (Wildman–Crippen LogP) is 2.18. The van der Waals surface area contributed by atoms with Crippen LogP contribution in [0, 0.1) is 12.7 Å². The molecule has 0 spiro atoms. The number of aryl methyl sites for hydroxylation is 1. The van der Waals surface area contributed by atoms with Gasteiger partial charge in [0, 0.05) is 24.3 Å². The number of carbonyl (C=O) groups is 2. The Morgan fingerprint density at radius 2 is 1.89 bits per heavy atom. The second-order valence-corrected chi connectivity index (χ2v) is 8.25. The summed E-state index contributed by atoms with van der Waals surface area (Å²) in [4.78, 5) is 25.3. The van der Waals surface area contributed by atoms with Gasteiger partial charge in [-0.3, -0.25) is 9.59 Å². The third kappa shape index (κ3) is 4.55. The van der Waals surface area contributed by atoms with E-state index in [0.717, 1.165) is 6.42 Å². The molecule has 9 heteroatoms. The maximum Gasteiger partial charge on any atom is 0.241 e. The van der Waals surface area contributed by atoms with Crippen molar-refractivity contribution in [3.63, 3.8) is 0 Å². The van der Waals surface area contributed by atoms with Gasteiger partial charge in [-0.15, -0.1) is 0 Å². The smallest absolute Gasteiger partial charge is 0.241 e. The SMILES string of the molecule is Cc1ccc(NC(=O)CNS(=O)(=O)c2ccc(N3CCCC3=O)cc2)cc1F. The molecule has 0 aromatic heterocycles. The molecule has 1 saturated heterocycles. The third-order valence-corrected chi connectivity index (χ3v) is 5.83. The second-order valence-electron chi connectivity index (χ2n) is 6.48. The Balaban J connectivity index is 1.60. The molecule has 3 rings (SSSR count). The van der Waals surface area contributed by atoms with E-state index in [1.54, 1.807) is 24.0 Å². The molecular formula is C19H20FN3O4S. The van der Waals surface area contributed by atoms with Crippen molar-refractivity contribution in [3.05, 3.63) is 53.8 Å². The molecule has 2 amide bonds. The maximum absolute atomic E-state index is 13.5. The Morgan fingerprint density at radius 1 is 1.18 bits per heavy atom. The molecule has 2 N–H and O–H groups in total. The zero-order chi connectivity index (χ0) is 20.3. The van der Waals surface area contributed by atoms with Crippen LogP contribution in [0.3, 0.4) is 0 Å². The number of hydrogen-bond donors (Lipinski definition) is 2. The molecule has 148 valence electrons. The van der Waals surface area contributed by atoms with Crippen molar-refractivity contribution in [1.29, 1.82) is 0 Å². The highest BCUT2D eigenvalue weighted by Crippen LogP contribution is 2.23. The van der Waals surface area contributed by atoms with E-state index in [4.69, 9.17) is 0 Å². The van der Waals surface area contributed by atoms with Crippen LogP contribution in [-0.4, -0.2) is 33.3 Å². The summed E-state index contributed by atoms with van der Waals surface area (Å²) >= 11 is 0. The van der Waals surface area contributed by atoms with Crippen LogP contribution < -0.4 is 14.9 Å². The Morgan fingerprint density at radius 3 is 2.50 bits per heavy atom. The summed E-state index contributed by atoms with van der Waals surface area (Å²) in [7, 11) is -3.90. The monoisotopic (exact) mass is 405 g/mol. The third-order valence-electron chi connectivity index (χ3n) is 4.41. The minimum Gasteiger partial charge on any atom is -0.325 e. The van der Waals surface area contributed by atoms with E-state index in [0.29, 0.717) is 24.2 Å². The lowest BCUT2D eigenvalue weighted by Gasteiger charge is -2.16. The van der Waals surface area contributed by atoms with Crippen molar-refractivity contribution in [3.8, 4) is 0 Å². The number of hydrogen-bond acceptors (Lipinski definition) is 4. The first-order valence-corrected chi connectivity index (χ1v) is 10.2. The van der Waals surface area contributed by atoms with Crippen LogP contribution >= 0.6 is 0 Å². The van der Waals surface area contributed by atoms with Gasteiger partial charge in [-0.25, -0.2) is 17.5 Å². The highest BCUT2D eigenvalue weighted by molar-refractivity contribution is 7.89. The topological polar surface area (TPSA) is 95.6 Å². The van der Waals surface area contributed by atoms with E-state index < -0.39 is 28.3 Å². The van der Waals surface area contributed by atoms with Gasteiger partial charge in [-0.1, -0.05) is 6.07 Å². The lowest BCUT2D eigenvalue weighted by molar-refractivity contribution is -0.117. The van der Waals surface area contributed by atoms with Crippen LogP contribution in [0.15, 0.2) is 47.4 Å². The van der Waals surface area contributed by atoms with Gasteiger partial charge in [0.15, 0.2) is 0 Å². The number of rotatable bonds is 6. The Hall–Kier alpha value is -2.78. The van der Waals surface area contributed by atoms with Crippen LogP contribution in [-0.2, 0) is 19.6 Å². The second kappa shape index (κ2) is 8.07. The van der Waals surface area contributed by atoms with Gasteiger partial charge in [0.25, 0.3) is 0 Å². The summed E-state index contributed by atoms with van der Waals surface area (Å²) in [5.74, 6) is -1.07. The molecule has 0 aliphatic carbocycles. The van der Waals surface area contributed by atoms with Crippen molar-refractivity contribution >= 4 is 33.2 Å². The number of amides is 2. The van der Waals surface area contributed by atoms with Crippen LogP contribution in [0.4, 0.5) is 15.8 Å². The first kappa shape index (κ1) is 20.0. The molecule has 0 unspecified atom stereocenters. The molecule has 0 atom stereocenters. The first-order valence-electron chi connectivity index (χ1n) is 8.72. The molecule has 7 nitrogen and oxygen atoms in total. The van der Waals surface area contributed by atoms with E-state index in [-0.39, 0.29) is 16.5 Å². The molecule has 2 aromatic rings. The van der Waals surface area contributed by atoms with Crippen molar-refractivity contribution in [2.45, 2.75) is 24.7 Å². The lowest BCUT2D eigenvalue weighted by atomic mass is 10.2. The number of benzene rings is 2. The average molecular weight is 405 g/mol. The lowest BCUT2D eigenvalue weighted by Crippen LogP contribution is -2.33.